The van der Waals surface area contributed by atoms with E-state index in [1.807, 2.05) is 30.3 Å². The molecule has 0 spiro atoms. The SMILES string of the molecule is COc1ccc([C@@H](O)CN)cc1OCc1ccccc1. The van der Waals surface area contributed by atoms with E-state index in [4.69, 9.17) is 15.2 Å². The fourth-order valence-corrected chi connectivity index (χ4v) is 1.88. The van der Waals surface area contributed by atoms with Gasteiger partial charge in [-0.1, -0.05) is 36.4 Å². The van der Waals surface area contributed by atoms with E-state index in [1.54, 1.807) is 25.3 Å². The van der Waals surface area contributed by atoms with Gasteiger partial charge in [-0.05, 0) is 23.3 Å². The lowest BCUT2D eigenvalue weighted by Crippen LogP contribution is -2.11. The first-order chi connectivity index (χ1) is 9.74. The van der Waals surface area contributed by atoms with Crippen molar-refractivity contribution in [2.45, 2.75) is 12.7 Å². The number of rotatable bonds is 6. The summed E-state index contributed by atoms with van der Waals surface area (Å²) in [7, 11) is 1.59. The van der Waals surface area contributed by atoms with Crippen molar-refractivity contribution in [3.05, 3.63) is 59.7 Å². The molecule has 0 saturated heterocycles. The van der Waals surface area contributed by atoms with E-state index in [9.17, 15) is 5.11 Å². The molecule has 0 fully saturated rings. The number of aliphatic hydroxyl groups excluding tert-OH is 1. The summed E-state index contributed by atoms with van der Waals surface area (Å²) in [5, 5.41) is 9.78. The van der Waals surface area contributed by atoms with Crippen LogP contribution in [0.5, 0.6) is 11.5 Å². The lowest BCUT2D eigenvalue weighted by molar-refractivity contribution is 0.185. The second-order valence-electron chi connectivity index (χ2n) is 4.44. The van der Waals surface area contributed by atoms with Crippen LogP contribution in [0.25, 0.3) is 0 Å². The van der Waals surface area contributed by atoms with Gasteiger partial charge in [0.25, 0.3) is 0 Å². The van der Waals surface area contributed by atoms with Crippen LogP contribution in [-0.2, 0) is 6.61 Å². The molecule has 0 aromatic heterocycles. The molecule has 0 radical (unpaired) electrons. The maximum absolute atomic E-state index is 9.78. The van der Waals surface area contributed by atoms with Gasteiger partial charge < -0.3 is 20.3 Å². The highest BCUT2D eigenvalue weighted by molar-refractivity contribution is 5.43. The smallest absolute Gasteiger partial charge is 0.162 e. The summed E-state index contributed by atoms with van der Waals surface area (Å²) >= 11 is 0. The van der Waals surface area contributed by atoms with Crippen molar-refractivity contribution in [3.63, 3.8) is 0 Å². The van der Waals surface area contributed by atoms with E-state index in [-0.39, 0.29) is 6.54 Å². The molecule has 4 nitrogen and oxygen atoms in total. The molecule has 20 heavy (non-hydrogen) atoms. The predicted octanol–water partition coefficient (Wildman–Crippen LogP) is 2.27. The quantitative estimate of drug-likeness (QED) is 0.847. The Hall–Kier alpha value is -2.04. The van der Waals surface area contributed by atoms with Crippen LogP contribution >= 0.6 is 0 Å². The van der Waals surface area contributed by atoms with Gasteiger partial charge in [0.05, 0.1) is 13.2 Å². The summed E-state index contributed by atoms with van der Waals surface area (Å²) in [6.45, 7) is 0.615. The highest BCUT2D eigenvalue weighted by Gasteiger charge is 2.11. The molecular weight excluding hydrogens is 254 g/mol. The van der Waals surface area contributed by atoms with Gasteiger partial charge in [0.1, 0.15) is 6.61 Å². The molecule has 1 atom stereocenters. The molecule has 0 bridgehead atoms. The van der Waals surface area contributed by atoms with Gasteiger partial charge in [-0.2, -0.15) is 0 Å². The Labute approximate surface area is 118 Å². The van der Waals surface area contributed by atoms with Crippen molar-refractivity contribution < 1.29 is 14.6 Å². The second kappa shape index (κ2) is 6.93. The van der Waals surface area contributed by atoms with Gasteiger partial charge >= 0.3 is 0 Å². The van der Waals surface area contributed by atoms with Crippen LogP contribution in [0, 0.1) is 0 Å². The Morgan fingerprint density at radius 2 is 1.85 bits per heavy atom. The van der Waals surface area contributed by atoms with Crippen LogP contribution < -0.4 is 15.2 Å². The molecule has 0 unspecified atom stereocenters. The Morgan fingerprint density at radius 3 is 2.50 bits per heavy atom. The normalized spacial score (nSPS) is 11.9. The molecule has 2 aromatic carbocycles. The van der Waals surface area contributed by atoms with E-state index in [0.29, 0.717) is 18.1 Å². The number of methoxy groups -OCH3 is 1. The van der Waals surface area contributed by atoms with Crippen molar-refractivity contribution in [1.82, 2.24) is 0 Å². The summed E-state index contributed by atoms with van der Waals surface area (Å²) in [5.74, 6) is 1.23. The first-order valence-corrected chi connectivity index (χ1v) is 6.47. The third-order valence-corrected chi connectivity index (χ3v) is 3.03. The first-order valence-electron chi connectivity index (χ1n) is 6.47. The average molecular weight is 273 g/mol. The summed E-state index contributed by atoms with van der Waals surface area (Å²) < 4.78 is 11.0. The Morgan fingerprint density at radius 1 is 1.10 bits per heavy atom. The Bertz CT molecular complexity index is 543. The summed E-state index contributed by atoms with van der Waals surface area (Å²) in [6.07, 6.45) is -0.694. The van der Waals surface area contributed by atoms with Gasteiger partial charge in [0.15, 0.2) is 11.5 Å². The second-order valence-corrected chi connectivity index (χ2v) is 4.44. The van der Waals surface area contributed by atoms with Crippen LogP contribution in [-0.4, -0.2) is 18.8 Å². The van der Waals surface area contributed by atoms with E-state index in [2.05, 4.69) is 0 Å². The fourth-order valence-electron chi connectivity index (χ4n) is 1.88. The summed E-state index contributed by atoms with van der Waals surface area (Å²) in [5.41, 5.74) is 7.26. The van der Waals surface area contributed by atoms with E-state index >= 15 is 0 Å². The number of aliphatic hydroxyl groups is 1. The monoisotopic (exact) mass is 273 g/mol. The molecule has 0 saturated carbocycles. The topological polar surface area (TPSA) is 64.7 Å². The van der Waals surface area contributed by atoms with Crippen molar-refractivity contribution >= 4 is 0 Å². The number of benzene rings is 2. The van der Waals surface area contributed by atoms with Crippen molar-refractivity contribution in [3.8, 4) is 11.5 Å². The lowest BCUT2D eigenvalue weighted by Gasteiger charge is -2.14. The molecular formula is C16H19NO3. The molecule has 3 N–H and O–H groups in total. The van der Waals surface area contributed by atoms with Gasteiger partial charge in [0, 0.05) is 6.54 Å². The Kier molecular flexibility index (Phi) is 4.98. The van der Waals surface area contributed by atoms with Crippen LogP contribution in [0.2, 0.25) is 0 Å². The van der Waals surface area contributed by atoms with Crippen LogP contribution in [0.15, 0.2) is 48.5 Å². The zero-order chi connectivity index (χ0) is 14.4. The van der Waals surface area contributed by atoms with Crippen LogP contribution in [0.4, 0.5) is 0 Å². The molecule has 0 aliphatic rings. The van der Waals surface area contributed by atoms with Crippen LogP contribution in [0.1, 0.15) is 17.2 Å². The highest BCUT2D eigenvalue weighted by Crippen LogP contribution is 2.30. The van der Waals surface area contributed by atoms with E-state index in [1.165, 1.54) is 0 Å². The molecule has 2 aromatic rings. The van der Waals surface area contributed by atoms with Gasteiger partial charge in [0.2, 0.25) is 0 Å². The van der Waals surface area contributed by atoms with Gasteiger partial charge in [-0.25, -0.2) is 0 Å². The number of hydrogen-bond acceptors (Lipinski definition) is 4. The number of hydrogen-bond donors (Lipinski definition) is 2. The highest BCUT2D eigenvalue weighted by atomic mass is 16.5. The van der Waals surface area contributed by atoms with Crippen molar-refractivity contribution in [2.24, 2.45) is 5.73 Å². The lowest BCUT2D eigenvalue weighted by atomic mass is 10.1. The van der Waals surface area contributed by atoms with Gasteiger partial charge in [-0.3, -0.25) is 0 Å². The largest absolute Gasteiger partial charge is 0.493 e. The van der Waals surface area contributed by atoms with Crippen molar-refractivity contribution in [2.75, 3.05) is 13.7 Å². The molecule has 2 rings (SSSR count). The maximum Gasteiger partial charge on any atom is 0.162 e. The number of nitrogens with two attached hydrogens (primary N) is 1. The van der Waals surface area contributed by atoms with Crippen LogP contribution in [0.3, 0.4) is 0 Å². The molecule has 0 heterocycles. The minimum absolute atomic E-state index is 0.171. The standard InChI is InChI=1S/C16H19NO3/c1-19-15-8-7-13(14(18)10-17)9-16(15)20-11-12-5-3-2-4-6-12/h2-9,14,18H,10-11,17H2,1H3/t14-/m0/s1. The molecule has 4 heteroatoms. The fraction of sp³-hybridized carbons (Fsp3) is 0.250. The first kappa shape index (κ1) is 14.4. The minimum atomic E-state index is -0.694. The zero-order valence-corrected chi connectivity index (χ0v) is 11.5. The van der Waals surface area contributed by atoms with Crippen molar-refractivity contribution in [1.29, 1.82) is 0 Å². The molecule has 0 aliphatic carbocycles. The van der Waals surface area contributed by atoms with E-state index < -0.39 is 6.10 Å². The summed E-state index contributed by atoms with van der Waals surface area (Å²) in [4.78, 5) is 0. The predicted molar refractivity (Wildman–Crippen MR) is 77.8 cm³/mol. The molecule has 0 aliphatic heterocycles. The van der Waals surface area contributed by atoms with Gasteiger partial charge in [-0.15, -0.1) is 0 Å². The molecule has 106 valence electrons. The molecule has 0 amide bonds. The Balaban J connectivity index is 2.16. The average Bonchev–Trinajstić information content (AvgIpc) is 2.52. The minimum Gasteiger partial charge on any atom is -0.493 e. The third-order valence-electron chi connectivity index (χ3n) is 3.03. The summed E-state index contributed by atoms with van der Waals surface area (Å²) in [6, 6.07) is 15.2. The zero-order valence-electron chi connectivity index (χ0n) is 11.5. The van der Waals surface area contributed by atoms with E-state index in [0.717, 1.165) is 11.1 Å². The number of ether oxygens (including phenoxy) is 2. The maximum atomic E-state index is 9.78. The third kappa shape index (κ3) is 3.50.